The molecule has 1 heterocycles. The number of rotatable bonds is 7. The molecule has 21 heavy (non-hydrogen) atoms. The molecule has 0 bridgehead atoms. The number of thiazole rings is 1. The van der Waals surface area contributed by atoms with E-state index in [1.165, 1.54) is 10.7 Å². The molecule has 0 aliphatic carbocycles. The number of ether oxygens (including phenoxy) is 1. The van der Waals surface area contributed by atoms with Crippen LogP contribution in [0.4, 0.5) is 0 Å². The zero-order chi connectivity index (χ0) is 16.1. The lowest BCUT2D eigenvalue weighted by Crippen LogP contribution is -2.34. The van der Waals surface area contributed by atoms with Crippen molar-refractivity contribution in [2.75, 3.05) is 26.8 Å². The van der Waals surface area contributed by atoms with Gasteiger partial charge in [0.05, 0.1) is 17.3 Å². The third-order valence-electron chi connectivity index (χ3n) is 3.84. The van der Waals surface area contributed by atoms with Gasteiger partial charge in [-0.3, -0.25) is 0 Å². The fourth-order valence-corrected chi connectivity index (χ4v) is 3.20. The molecule has 0 aliphatic heterocycles. The molecule has 1 N–H and O–H groups in total. The topological polar surface area (TPSA) is 34.1 Å². The average Bonchev–Trinajstić information content (AvgIpc) is 2.80. The highest BCUT2D eigenvalue weighted by molar-refractivity contribution is 7.09. The van der Waals surface area contributed by atoms with Crippen LogP contribution in [0.2, 0.25) is 0 Å². The summed E-state index contributed by atoms with van der Waals surface area (Å²) < 4.78 is 5.10. The number of nitrogens with zero attached hydrogens (tertiary/aromatic N) is 1. The first-order valence-corrected chi connectivity index (χ1v) is 8.67. The van der Waals surface area contributed by atoms with E-state index in [0.29, 0.717) is 5.92 Å². The van der Waals surface area contributed by atoms with E-state index in [1.807, 2.05) is 0 Å². The van der Waals surface area contributed by atoms with Crippen molar-refractivity contribution in [3.8, 4) is 0 Å². The zero-order valence-corrected chi connectivity index (χ0v) is 15.6. The maximum Gasteiger partial charge on any atom is 0.0931 e. The first kappa shape index (κ1) is 18.6. The highest BCUT2D eigenvalue weighted by Gasteiger charge is 2.26. The number of methoxy groups -OCH3 is 1. The Morgan fingerprint density at radius 3 is 2.38 bits per heavy atom. The number of hydrogen-bond donors (Lipinski definition) is 1. The number of aromatic nitrogens is 1. The molecule has 0 fully saturated rings. The summed E-state index contributed by atoms with van der Waals surface area (Å²) in [4.78, 5) is 4.85. The molecular formula is C17H32N2OS. The van der Waals surface area contributed by atoms with Gasteiger partial charge >= 0.3 is 0 Å². The second kappa shape index (κ2) is 7.70. The van der Waals surface area contributed by atoms with E-state index in [2.05, 4.69) is 52.2 Å². The van der Waals surface area contributed by atoms with Crippen LogP contribution in [0.25, 0.3) is 0 Å². The van der Waals surface area contributed by atoms with Gasteiger partial charge in [0.15, 0.2) is 0 Å². The van der Waals surface area contributed by atoms with E-state index in [-0.39, 0.29) is 10.8 Å². The standard InChI is InChI=1S/C17H32N2OS/c1-16(2,3)13(11-18-8-9-20-7)10-15-19-14(12-21-15)17(4,5)6/h12-13,18H,8-11H2,1-7H3. The molecule has 4 heteroatoms. The van der Waals surface area contributed by atoms with Crippen LogP contribution in [0, 0.1) is 11.3 Å². The number of nitrogens with one attached hydrogen (secondary N) is 1. The van der Waals surface area contributed by atoms with Crippen LogP contribution in [0.3, 0.4) is 0 Å². The highest BCUT2D eigenvalue weighted by atomic mass is 32.1. The Bertz CT molecular complexity index is 415. The lowest BCUT2D eigenvalue weighted by molar-refractivity contribution is 0.186. The third-order valence-corrected chi connectivity index (χ3v) is 4.71. The van der Waals surface area contributed by atoms with Gasteiger partial charge < -0.3 is 10.1 Å². The van der Waals surface area contributed by atoms with E-state index in [9.17, 15) is 0 Å². The van der Waals surface area contributed by atoms with Gasteiger partial charge in [0.1, 0.15) is 0 Å². The third kappa shape index (κ3) is 6.45. The average molecular weight is 313 g/mol. The van der Waals surface area contributed by atoms with Gasteiger partial charge in [-0.25, -0.2) is 4.98 Å². The molecule has 0 aromatic carbocycles. The van der Waals surface area contributed by atoms with Gasteiger partial charge in [0.2, 0.25) is 0 Å². The van der Waals surface area contributed by atoms with Gasteiger partial charge in [-0.2, -0.15) is 0 Å². The molecule has 0 aliphatic rings. The van der Waals surface area contributed by atoms with Crippen molar-refractivity contribution in [1.82, 2.24) is 10.3 Å². The molecule has 1 unspecified atom stereocenters. The monoisotopic (exact) mass is 312 g/mol. The summed E-state index contributed by atoms with van der Waals surface area (Å²) in [5.41, 5.74) is 1.62. The van der Waals surface area contributed by atoms with Crippen LogP contribution in [-0.4, -0.2) is 31.8 Å². The lowest BCUT2D eigenvalue weighted by atomic mass is 9.79. The minimum absolute atomic E-state index is 0.142. The van der Waals surface area contributed by atoms with Crippen molar-refractivity contribution < 1.29 is 4.74 Å². The van der Waals surface area contributed by atoms with Crippen molar-refractivity contribution in [3.05, 3.63) is 16.1 Å². The van der Waals surface area contributed by atoms with E-state index in [0.717, 1.165) is 26.1 Å². The van der Waals surface area contributed by atoms with Crippen LogP contribution >= 0.6 is 11.3 Å². The Labute approximate surface area is 134 Å². The summed E-state index contributed by atoms with van der Waals surface area (Å²) in [5.74, 6) is 0.577. The summed E-state index contributed by atoms with van der Waals surface area (Å²) in [6.07, 6.45) is 1.05. The molecular weight excluding hydrogens is 280 g/mol. The van der Waals surface area contributed by atoms with Crippen molar-refractivity contribution in [1.29, 1.82) is 0 Å². The summed E-state index contributed by atoms with van der Waals surface area (Å²) in [7, 11) is 1.74. The summed E-state index contributed by atoms with van der Waals surface area (Å²) >= 11 is 1.80. The highest BCUT2D eigenvalue weighted by Crippen LogP contribution is 2.31. The van der Waals surface area contributed by atoms with Gasteiger partial charge in [-0.05, 0) is 17.9 Å². The summed E-state index contributed by atoms with van der Waals surface area (Å²) in [6, 6.07) is 0. The molecule has 0 spiro atoms. The molecule has 1 rings (SSSR count). The van der Waals surface area contributed by atoms with Crippen molar-refractivity contribution in [3.63, 3.8) is 0 Å². The van der Waals surface area contributed by atoms with Crippen LogP contribution in [-0.2, 0) is 16.6 Å². The van der Waals surface area contributed by atoms with E-state index < -0.39 is 0 Å². The SMILES string of the molecule is COCCNCC(Cc1nc(C(C)(C)C)cs1)C(C)(C)C. The summed E-state index contributed by atoms with van der Waals surface area (Å²) in [5, 5.41) is 6.98. The second-order valence-corrected chi connectivity index (χ2v) is 8.78. The van der Waals surface area contributed by atoms with Gasteiger partial charge in [-0.15, -0.1) is 11.3 Å². The van der Waals surface area contributed by atoms with E-state index in [1.54, 1.807) is 18.4 Å². The zero-order valence-electron chi connectivity index (χ0n) is 14.7. The van der Waals surface area contributed by atoms with Crippen LogP contribution in [0.1, 0.15) is 52.2 Å². The van der Waals surface area contributed by atoms with Crippen molar-refractivity contribution in [2.45, 2.75) is 53.4 Å². The minimum Gasteiger partial charge on any atom is -0.383 e. The molecule has 1 aromatic rings. The quantitative estimate of drug-likeness (QED) is 0.776. The predicted molar refractivity (Wildman–Crippen MR) is 92.2 cm³/mol. The van der Waals surface area contributed by atoms with Crippen LogP contribution in [0.5, 0.6) is 0 Å². The Morgan fingerprint density at radius 1 is 1.24 bits per heavy atom. The molecule has 1 aromatic heterocycles. The molecule has 0 amide bonds. The minimum atomic E-state index is 0.142. The largest absolute Gasteiger partial charge is 0.383 e. The molecule has 0 saturated carbocycles. The molecule has 1 atom stereocenters. The van der Waals surface area contributed by atoms with Gasteiger partial charge in [0, 0.05) is 30.9 Å². The smallest absolute Gasteiger partial charge is 0.0931 e. The summed E-state index contributed by atoms with van der Waals surface area (Å²) in [6.45, 7) is 16.3. The van der Waals surface area contributed by atoms with Crippen LogP contribution in [0.15, 0.2) is 5.38 Å². The Morgan fingerprint density at radius 2 is 1.90 bits per heavy atom. The molecule has 3 nitrogen and oxygen atoms in total. The van der Waals surface area contributed by atoms with Crippen molar-refractivity contribution in [2.24, 2.45) is 11.3 Å². The Balaban J connectivity index is 2.66. The van der Waals surface area contributed by atoms with Gasteiger partial charge in [-0.1, -0.05) is 41.5 Å². The van der Waals surface area contributed by atoms with E-state index >= 15 is 0 Å². The molecule has 0 radical (unpaired) electrons. The fraction of sp³-hybridized carbons (Fsp3) is 0.824. The Hall–Kier alpha value is -0.450. The maximum atomic E-state index is 5.10. The number of hydrogen-bond acceptors (Lipinski definition) is 4. The maximum absolute atomic E-state index is 5.10. The molecule has 0 saturated heterocycles. The van der Waals surface area contributed by atoms with Gasteiger partial charge in [0.25, 0.3) is 0 Å². The van der Waals surface area contributed by atoms with Crippen molar-refractivity contribution >= 4 is 11.3 Å². The first-order valence-electron chi connectivity index (χ1n) is 7.79. The first-order chi connectivity index (χ1) is 9.64. The van der Waals surface area contributed by atoms with Crippen LogP contribution < -0.4 is 5.32 Å². The predicted octanol–water partition coefficient (Wildman–Crippen LogP) is 3.88. The Kier molecular flexibility index (Phi) is 6.82. The lowest BCUT2D eigenvalue weighted by Gasteiger charge is -2.30. The van der Waals surface area contributed by atoms with E-state index in [4.69, 9.17) is 9.72 Å². The molecule has 122 valence electrons. The second-order valence-electron chi connectivity index (χ2n) is 7.84. The normalized spacial score (nSPS) is 14.4. The fourth-order valence-electron chi connectivity index (χ4n) is 2.09.